The van der Waals surface area contributed by atoms with Gasteiger partial charge in [0, 0.05) is 13.5 Å². The molecule has 0 fully saturated rings. The van der Waals surface area contributed by atoms with Gasteiger partial charge in [0.25, 0.3) is 0 Å². The summed E-state index contributed by atoms with van der Waals surface area (Å²) in [4.78, 5) is 3.35. The first-order valence-corrected chi connectivity index (χ1v) is 8.74. The molecule has 0 saturated carbocycles. The highest BCUT2D eigenvalue weighted by Crippen LogP contribution is 2.35. The molecule has 136 valence electrons. The summed E-state index contributed by atoms with van der Waals surface area (Å²) in [5, 5.41) is 16.5. The van der Waals surface area contributed by atoms with E-state index in [1.165, 1.54) is 0 Å². The summed E-state index contributed by atoms with van der Waals surface area (Å²) in [7, 11) is 1.67. The molecular weight excluding hydrogens is 328 g/mol. The van der Waals surface area contributed by atoms with E-state index in [0.717, 1.165) is 22.6 Å². The van der Waals surface area contributed by atoms with E-state index in [2.05, 4.69) is 35.5 Å². The van der Waals surface area contributed by atoms with Crippen molar-refractivity contribution in [2.45, 2.75) is 32.5 Å². The van der Waals surface area contributed by atoms with Gasteiger partial charge in [0.2, 0.25) is 11.6 Å². The molecule has 2 heterocycles. The highest BCUT2D eigenvalue weighted by atomic mass is 16.5. The summed E-state index contributed by atoms with van der Waals surface area (Å²) in [5.41, 5.74) is 3.30. The van der Waals surface area contributed by atoms with Crippen LogP contribution in [0.5, 0.6) is 0 Å². The summed E-state index contributed by atoms with van der Waals surface area (Å²) in [5.74, 6) is 1.56. The van der Waals surface area contributed by atoms with E-state index in [4.69, 9.17) is 9.47 Å². The molecule has 0 unspecified atom stereocenters. The van der Waals surface area contributed by atoms with Gasteiger partial charge in [-0.05, 0) is 31.5 Å². The fourth-order valence-electron chi connectivity index (χ4n) is 3.13. The van der Waals surface area contributed by atoms with Crippen molar-refractivity contribution in [2.75, 3.05) is 30.9 Å². The third-order valence-electron chi connectivity index (χ3n) is 4.44. The molecule has 6 nitrogen and oxygen atoms in total. The zero-order chi connectivity index (χ0) is 18.6. The van der Waals surface area contributed by atoms with Crippen LogP contribution >= 0.6 is 0 Å². The maximum absolute atomic E-state index is 9.84. The number of methoxy groups -OCH3 is 1. The Morgan fingerprint density at radius 3 is 2.69 bits per heavy atom. The van der Waals surface area contributed by atoms with Gasteiger partial charge in [0.05, 0.1) is 36.6 Å². The molecule has 0 aliphatic carbocycles. The number of ether oxygens (including phenoxy) is 2. The zero-order valence-electron chi connectivity index (χ0n) is 15.5. The van der Waals surface area contributed by atoms with Crippen LogP contribution in [0, 0.1) is 11.3 Å². The Morgan fingerprint density at radius 1 is 1.23 bits per heavy atom. The first-order chi connectivity index (χ1) is 12.5. The predicted molar refractivity (Wildman–Crippen MR) is 100 cm³/mol. The van der Waals surface area contributed by atoms with Crippen LogP contribution in [0.15, 0.2) is 30.3 Å². The van der Waals surface area contributed by atoms with Gasteiger partial charge in [0.1, 0.15) is 11.6 Å². The average molecular weight is 353 g/mol. The maximum Gasteiger partial charge on any atom is 0.242 e. The molecule has 2 aromatic rings. The van der Waals surface area contributed by atoms with Gasteiger partial charge in [0.15, 0.2) is 0 Å². The standard InChI is InChI=1S/C20H24N4O2/c1-20(2)11-15-16(12-21)19(23-14-7-5-4-6-8-14)24-18(17(15)13-26-20)22-9-10-25-3/h4-8H,9-11,13H2,1-3H3,(H2,22,23,24)/p+1. The molecule has 0 spiro atoms. The molecule has 0 radical (unpaired) electrons. The Bertz CT molecular complexity index is 813. The third kappa shape index (κ3) is 3.96. The molecule has 26 heavy (non-hydrogen) atoms. The van der Waals surface area contributed by atoms with E-state index in [0.29, 0.717) is 37.6 Å². The Morgan fingerprint density at radius 2 is 2.00 bits per heavy atom. The fourth-order valence-corrected chi connectivity index (χ4v) is 3.13. The molecular formula is C20H25N4O2+. The van der Waals surface area contributed by atoms with Crippen molar-refractivity contribution in [3.05, 3.63) is 47.0 Å². The second-order valence-corrected chi connectivity index (χ2v) is 6.95. The fraction of sp³-hybridized carbons (Fsp3) is 0.400. The minimum absolute atomic E-state index is 0.298. The van der Waals surface area contributed by atoms with Crippen LogP contribution in [0.4, 0.5) is 17.3 Å². The van der Waals surface area contributed by atoms with Gasteiger partial charge in [-0.25, -0.2) is 4.98 Å². The van der Waals surface area contributed by atoms with E-state index < -0.39 is 0 Å². The van der Waals surface area contributed by atoms with Crippen LogP contribution in [0.3, 0.4) is 0 Å². The number of nitrogens with zero attached hydrogens (tertiary/aromatic N) is 1. The van der Waals surface area contributed by atoms with E-state index in [9.17, 15) is 5.26 Å². The second-order valence-electron chi connectivity index (χ2n) is 6.95. The number of para-hydroxylation sites is 1. The summed E-state index contributed by atoms with van der Waals surface area (Å²) >= 11 is 0. The first kappa shape index (κ1) is 18.2. The van der Waals surface area contributed by atoms with E-state index in [1.54, 1.807) is 7.11 Å². The molecule has 3 N–H and O–H groups in total. The number of nitriles is 1. The average Bonchev–Trinajstić information content (AvgIpc) is 2.62. The molecule has 1 aliphatic heterocycles. The van der Waals surface area contributed by atoms with Gasteiger partial charge in [-0.1, -0.05) is 18.2 Å². The monoisotopic (exact) mass is 353 g/mol. The normalized spacial score (nSPS) is 15.0. The molecule has 1 aromatic heterocycles. The van der Waals surface area contributed by atoms with Crippen LogP contribution in [0.1, 0.15) is 30.5 Å². The largest absolute Gasteiger partial charge is 0.381 e. The lowest BCUT2D eigenvalue weighted by molar-refractivity contribution is -0.345. The Kier molecular flexibility index (Phi) is 5.40. The number of hydrogen-bond acceptors (Lipinski definition) is 5. The number of nitrogens with one attached hydrogen (secondary N) is 3. The number of fused-ring (bicyclic) bond motifs is 1. The van der Waals surface area contributed by atoms with Crippen molar-refractivity contribution < 1.29 is 14.5 Å². The van der Waals surface area contributed by atoms with Gasteiger partial charge < -0.3 is 14.8 Å². The molecule has 3 rings (SSSR count). The van der Waals surface area contributed by atoms with Gasteiger partial charge in [-0.2, -0.15) is 5.26 Å². The Hall–Kier alpha value is -2.62. The number of aromatic nitrogens is 1. The minimum atomic E-state index is -0.298. The van der Waals surface area contributed by atoms with E-state index >= 15 is 0 Å². The van der Waals surface area contributed by atoms with Crippen molar-refractivity contribution in [2.24, 2.45) is 0 Å². The molecule has 6 heteroatoms. The van der Waals surface area contributed by atoms with Crippen molar-refractivity contribution >= 4 is 17.3 Å². The van der Waals surface area contributed by atoms with Crippen LogP contribution in [-0.4, -0.2) is 25.9 Å². The topological polar surface area (TPSA) is 80.5 Å². The summed E-state index contributed by atoms with van der Waals surface area (Å²) in [6.07, 6.45) is 0.683. The number of H-pyrrole nitrogens is 1. The van der Waals surface area contributed by atoms with Crippen LogP contribution in [-0.2, 0) is 22.5 Å². The van der Waals surface area contributed by atoms with Gasteiger partial charge >= 0.3 is 0 Å². The number of anilines is 3. The van der Waals surface area contributed by atoms with Crippen molar-refractivity contribution in [1.82, 2.24) is 0 Å². The molecule has 1 aromatic carbocycles. The zero-order valence-corrected chi connectivity index (χ0v) is 15.5. The van der Waals surface area contributed by atoms with Crippen molar-refractivity contribution in [3.8, 4) is 6.07 Å². The summed E-state index contributed by atoms with van der Waals surface area (Å²) < 4.78 is 11.1. The predicted octanol–water partition coefficient (Wildman–Crippen LogP) is 3.03. The second kappa shape index (κ2) is 7.73. The lowest BCUT2D eigenvalue weighted by Gasteiger charge is -2.32. The van der Waals surface area contributed by atoms with Crippen LogP contribution in [0.25, 0.3) is 0 Å². The van der Waals surface area contributed by atoms with Gasteiger partial charge in [-0.3, -0.25) is 5.32 Å². The summed E-state index contributed by atoms with van der Waals surface area (Å²) in [6, 6.07) is 12.2. The first-order valence-electron chi connectivity index (χ1n) is 8.74. The summed E-state index contributed by atoms with van der Waals surface area (Å²) in [6.45, 7) is 5.83. The smallest absolute Gasteiger partial charge is 0.242 e. The number of benzene rings is 1. The minimum Gasteiger partial charge on any atom is -0.381 e. The highest BCUT2D eigenvalue weighted by Gasteiger charge is 2.33. The molecule has 0 amide bonds. The van der Waals surface area contributed by atoms with Crippen molar-refractivity contribution in [1.29, 1.82) is 5.26 Å². The SMILES string of the molecule is COCCNc1[nH+]c(Nc2ccccc2)c(C#N)c2c1COC(C)(C)C2. The maximum atomic E-state index is 9.84. The molecule has 0 bridgehead atoms. The third-order valence-corrected chi connectivity index (χ3v) is 4.44. The van der Waals surface area contributed by atoms with E-state index in [-0.39, 0.29) is 5.60 Å². The van der Waals surface area contributed by atoms with Crippen molar-refractivity contribution in [3.63, 3.8) is 0 Å². The highest BCUT2D eigenvalue weighted by molar-refractivity contribution is 5.66. The van der Waals surface area contributed by atoms with Gasteiger partial charge in [-0.15, -0.1) is 0 Å². The van der Waals surface area contributed by atoms with Crippen LogP contribution in [0.2, 0.25) is 0 Å². The Labute approximate surface area is 154 Å². The lowest BCUT2D eigenvalue weighted by Crippen LogP contribution is -2.35. The number of hydrogen-bond donors (Lipinski definition) is 2. The molecule has 1 aliphatic rings. The quantitative estimate of drug-likeness (QED) is 0.780. The number of rotatable bonds is 6. The number of pyridine rings is 1. The molecule has 0 atom stereocenters. The Balaban J connectivity index is 2.05. The van der Waals surface area contributed by atoms with E-state index in [1.807, 2.05) is 30.3 Å². The van der Waals surface area contributed by atoms with Crippen LogP contribution < -0.4 is 15.6 Å². The lowest BCUT2D eigenvalue weighted by atomic mass is 9.89. The molecule has 0 saturated heterocycles. The number of aromatic amines is 1.